The van der Waals surface area contributed by atoms with Crippen molar-refractivity contribution < 1.29 is 9.72 Å². The molecule has 2 aromatic rings. The molecular weight excluding hydrogens is 368 g/mol. The second kappa shape index (κ2) is 6.34. The molecule has 5 nitrogen and oxygen atoms in total. The molecule has 8 heteroatoms. The molecule has 0 saturated heterocycles. The molecule has 0 atom stereocenters. The number of rotatable bonds is 4. The minimum Gasteiger partial charge on any atom is -0.347 e. The van der Waals surface area contributed by atoms with Gasteiger partial charge in [0, 0.05) is 20.4 Å². The SMILES string of the molecule is O=C(NCc1sccc1Br)c1ccc(Cl)cc1[N+](=O)[O-]. The van der Waals surface area contributed by atoms with Gasteiger partial charge in [-0.2, -0.15) is 0 Å². The fourth-order valence-corrected chi connectivity index (χ4v) is 3.15. The topological polar surface area (TPSA) is 72.2 Å². The zero-order chi connectivity index (χ0) is 14.7. The lowest BCUT2D eigenvalue weighted by Gasteiger charge is -2.05. The summed E-state index contributed by atoms with van der Waals surface area (Å²) in [6.07, 6.45) is 0. The summed E-state index contributed by atoms with van der Waals surface area (Å²) in [6.45, 7) is 0.302. The molecular formula is C12H8BrClN2O3S. The van der Waals surface area contributed by atoms with Crippen molar-refractivity contribution in [2.75, 3.05) is 0 Å². The summed E-state index contributed by atoms with van der Waals surface area (Å²) in [6, 6.07) is 5.83. The molecule has 0 unspecified atom stereocenters. The first-order chi connectivity index (χ1) is 9.49. The third-order valence-corrected chi connectivity index (χ3v) is 4.66. The van der Waals surface area contributed by atoms with Gasteiger partial charge in [-0.3, -0.25) is 14.9 Å². The van der Waals surface area contributed by atoms with Gasteiger partial charge in [0.05, 0.1) is 11.5 Å². The predicted octanol–water partition coefficient (Wildman–Crippen LogP) is 4.00. The van der Waals surface area contributed by atoms with E-state index in [0.717, 1.165) is 15.4 Å². The summed E-state index contributed by atoms with van der Waals surface area (Å²) in [7, 11) is 0. The number of amides is 1. The fourth-order valence-electron chi connectivity index (χ4n) is 1.55. The number of nitro benzene ring substituents is 1. The lowest BCUT2D eigenvalue weighted by atomic mass is 10.1. The Morgan fingerprint density at radius 2 is 2.20 bits per heavy atom. The average molecular weight is 376 g/mol. The first kappa shape index (κ1) is 15.0. The first-order valence-electron chi connectivity index (χ1n) is 5.43. The lowest BCUT2D eigenvalue weighted by molar-refractivity contribution is -0.385. The molecule has 0 bridgehead atoms. The smallest absolute Gasteiger partial charge is 0.283 e. The summed E-state index contributed by atoms with van der Waals surface area (Å²) < 4.78 is 0.897. The maximum absolute atomic E-state index is 12.0. The van der Waals surface area contributed by atoms with Crippen LogP contribution in [0.4, 0.5) is 5.69 Å². The molecule has 1 amide bonds. The highest BCUT2D eigenvalue weighted by atomic mass is 79.9. The highest BCUT2D eigenvalue weighted by Gasteiger charge is 2.20. The van der Waals surface area contributed by atoms with Crippen molar-refractivity contribution in [2.24, 2.45) is 0 Å². The van der Waals surface area contributed by atoms with Crippen LogP contribution in [0.3, 0.4) is 0 Å². The van der Waals surface area contributed by atoms with Crippen LogP contribution in [0.1, 0.15) is 15.2 Å². The van der Waals surface area contributed by atoms with Crippen LogP contribution in [-0.2, 0) is 6.54 Å². The van der Waals surface area contributed by atoms with Gasteiger partial charge >= 0.3 is 0 Å². The molecule has 0 aliphatic carbocycles. The minimum absolute atomic E-state index is 0.00733. The largest absolute Gasteiger partial charge is 0.347 e. The third kappa shape index (κ3) is 3.36. The Balaban J connectivity index is 2.17. The Morgan fingerprint density at radius 1 is 1.45 bits per heavy atom. The molecule has 0 aliphatic heterocycles. The lowest BCUT2D eigenvalue weighted by Crippen LogP contribution is -2.23. The number of nitrogens with zero attached hydrogens (tertiary/aromatic N) is 1. The summed E-state index contributed by atoms with van der Waals surface area (Å²) in [5.74, 6) is -0.506. The van der Waals surface area contributed by atoms with E-state index in [1.807, 2.05) is 11.4 Å². The molecule has 0 saturated carbocycles. The number of carbonyl (C=O) groups excluding carboxylic acids is 1. The first-order valence-corrected chi connectivity index (χ1v) is 7.48. The van der Waals surface area contributed by atoms with Crippen LogP contribution in [0.5, 0.6) is 0 Å². The number of hydrogen-bond acceptors (Lipinski definition) is 4. The van der Waals surface area contributed by atoms with Crippen molar-refractivity contribution in [2.45, 2.75) is 6.54 Å². The molecule has 104 valence electrons. The Hall–Kier alpha value is -1.44. The highest BCUT2D eigenvalue weighted by molar-refractivity contribution is 9.10. The van der Waals surface area contributed by atoms with Gasteiger partial charge in [0.25, 0.3) is 11.6 Å². The van der Waals surface area contributed by atoms with Gasteiger partial charge < -0.3 is 5.32 Å². The summed E-state index contributed by atoms with van der Waals surface area (Å²) >= 11 is 10.5. The molecule has 0 fully saturated rings. The van der Waals surface area contributed by atoms with E-state index < -0.39 is 10.8 Å². The number of nitro groups is 1. The van der Waals surface area contributed by atoms with Gasteiger partial charge in [-0.1, -0.05) is 11.6 Å². The van der Waals surface area contributed by atoms with Crippen LogP contribution in [-0.4, -0.2) is 10.8 Å². The minimum atomic E-state index is -0.623. The maximum Gasteiger partial charge on any atom is 0.283 e. The van der Waals surface area contributed by atoms with Gasteiger partial charge in [0.2, 0.25) is 0 Å². The van der Waals surface area contributed by atoms with Crippen LogP contribution in [0, 0.1) is 10.1 Å². The van der Waals surface area contributed by atoms with Crippen LogP contribution >= 0.6 is 38.9 Å². The van der Waals surface area contributed by atoms with E-state index in [4.69, 9.17) is 11.6 Å². The van der Waals surface area contributed by atoms with Gasteiger partial charge in [-0.15, -0.1) is 11.3 Å². The monoisotopic (exact) mass is 374 g/mol. The number of benzene rings is 1. The molecule has 0 spiro atoms. The van der Waals surface area contributed by atoms with E-state index >= 15 is 0 Å². The molecule has 1 aromatic carbocycles. The van der Waals surface area contributed by atoms with Crippen molar-refractivity contribution in [1.82, 2.24) is 5.32 Å². The van der Waals surface area contributed by atoms with Gasteiger partial charge in [0.1, 0.15) is 5.56 Å². The van der Waals surface area contributed by atoms with Crippen molar-refractivity contribution in [3.05, 3.63) is 59.7 Å². The average Bonchev–Trinajstić information content (AvgIpc) is 2.81. The third-order valence-electron chi connectivity index (χ3n) is 2.50. The standard InChI is InChI=1S/C12H8BrClN2O3S/c13-9-3-4-20-11(9)6-15-12(17)8-2-1-7(14)5-10(8)16(18)19/h1-5H,6H2,(H,15,17). The van der Waals surface area contributed by atoms with Gasteiger partial charge in [0.15, 0.2) is 0 Å². The second-order valence-electron chi connectivity index (χ2n) is 3.79. The van der Waals surface area contributed by atoms with Crippen LogP contribution in [0.25, 0.3) is 0 Å². The predicted molar refractivity (Wildman–Crippen MR) is 81.3 cm³/mol. The summed E-state index contributed by atoms with van der Waals surface area (Å²) in [4.78, 5) is 23.3. The van der Waals surface area contributed by atoms with E-state index in [1.54, 1.807) is 0 Å². The Labute approximate surface area is 131 Å². The number of halogens is 2. The van der Waals surface area contributed by atoms with E-state index in [9.17, 15) is 14.9 Å². The normalized spacial score (nSPS) is 10.3. The quantitative estimate of drug-likeness (QED) is 0.648. The van der Waals surface area contributed by atoms with Crippen molar-refractivity contribution in [3.8, 4) is 0 Å². The molecule has 0 aliphatic rings. The second-order valence-corrected chi connectivity index (χ2v) is 6.08. The maximum atomic E-state index is 12.0. The van der Waals surface area contributed by atoms with Crippen molar-refractivity contribution in [1.29, 1.82) is 0 Å². The highest BCUT2D eigenvalue weighted by Crippen LogP contribution is 2.24. The number of carbonyl (C=O) groups is 1. The van der Waals surface area contributed by atoms with Gasteiger partial charge in [-0.05, 0) is 39.5 Å². The van der Waals surface area contributed by atoms with Crippen molar-refractivity contribution in [3.63, 3.8) is 0 Å². The van der Waals surface area contributed by atoms with E-state index in [1.165, 1.54) is 23.5 Å². The molecule has 1 aromatic heterocycles. The molecule has 1 N–H and O–H groups in total. The molecule has 20 heavy (non-hydrogen) atoms. The molecule has 2 rings (SSSR count). The number of hydrogen-bond donors (Lipinski definition) is 1. The Bertz CT molecular complexity index is 674. The van der Waals surface area contributed by atoms with Crippen LogP contribution < -0.4 is 5.32 Å². The Kier molecular flexibility index (Phi) is 4.74. The summed E-state index contributed by atoms with van der Waals surface area (Å²) in [5.41, 5.74) is -0.313. The molecule has 0 radical (unpaired) electrons. The Morgan fingerprint density at radius 3 is 2.80 bits per heavy atom. The fraction of sp³-hybridized carbons (Fsp3) is 0.0833. The zero-order valence-electron chi connectivity index (χ0n) is 9.93. The molecule has 1 heterocycles. The zero-order valence-corrected chi connectivity index (χ0v) is 13.1. The van der Waals surface area contributed by atoms with E-state index in [2.05, 4.69) is 21.2 Å². The van der Waals surface area contributed by atoms with E-state index in [0.29, 0.717) is 6.54 Å². The van der Waals surface area contributed by atoms with E-state index in [-0.39, 0.29) is 16.3 Å². The van der Waals surface area contributed by atoms with Crippen LogP contribution in [0.15, 0.2) is 34.1 Å². The number of nitrogens with one attached hydrogen (secondary N) is 1. The van der Waals surface area contributed by atoms with Crippen LogP contribution in [0.2, 0.25) is 5.02 Å². The summed E-state index contributed by atoms with van der Waals surface area (Å²) in [5, 5.41) is 15.7. The van der Waals surface area contributed by atoms with Crippen molar-refractivity contribution >= 4 is 50.5 Å². The van der Waals surface area contributed by atoms with Gasteiger partial charge in [-0.25, -0.2) is 0 Å². The number of thiophene rings is 1.